The summed E-state index contributed by atoms with van der Waals surface area (Å²) < 4.78 is 28.6. The first kappa shape index (κ1) is 14.3. The minimum atomic E-state index is -1.34. The number of halogens is 2. The van der Waals surface area contributed by atoms with Crippen LogP contribution in [0.2, 0.25) is 0 Å². The second kappa shape index (κ2) is 6.03. The molecule has 0 aliphatic rings. The van der Waals surface area contributed by atoms with Crippen molar-refractivity contribution in [3.63, 3.8) is 0 Å². The molecule has 3 aromatic rings. The summed E-state index contributed by atoms with van der Waals surface area (Å²) in [6.45, 7) is -0.0856. The molecule has 1 N–H and O–H groups in total. The number of nitrogens with zero attached hydrogens (tertiary/aromatic N) is 3. The van der Waals surface area contributed by atoms with Crippen LogP contribution in [-0.4, -0.2) is 19.9 Å². The van der Waals surface area contributed by atoms with Crippen molar-refractivity contribution in [1.82, 2.24) is 14.8 Å². The summed E-state index contributed by atoms with van der Waals surface area (Å²) in [7, 11) is 0. The molecular weight excluding hydrogens is 288 g/mol. The highest BCUT2D eigenvalue weighted by atomic mass is 19.1. The van der Waals surface area contributed by atoms with Gasteiger partial charge in [0.25, 0.3) is 0 Å². The molecule has 3 rings (SSSR count). The van der Waals surface area contributed by atoms with Crippen LogP contribution in [0.3, 0.4) is 0 Å². The topological polar surface area (TPSA) is 50.9 Å². The van der Waals surface area contributed by atoms with Crippen molar-refractivity contribution in [3.05, 3.63) is 72.1 Å². The van der Waals surface area contributed by atoms with Crippen molar-refractivity contribution in [2.24, 2.45) is 0 Å². The molecule has 0 spiro atoms. The van der Waals surface area contributed by atoms with Gasteiger partial charge in [-0.3, -0.25) is 0 Å². The van der Waals surface area contributed by atoms with E-state index in [4.69, 9.17) is 0 Å². The Kier molecular flexibility index (Phi) is 3.93. The molecule has 1 unspecified atom stereocenters. The number of hydrogen-bond donors (Lipinski definition) is 1. The fourth-order valence-electron chi connectivity index (χ4n) is 2.20. The van der Waals surface area contributed by atoms with Crippen molar-refractivity contribution in [2.75, 3.05) is 0 Å². The quantitative estimate of drug-likeness (QED) is 0.806. The Balaban J connectivity index is 1.81. The normalized spacial score (nSPS) is 12.3. The van der Waals surface area contributed by atoms with E-state index in [0.717, 1.165) is 17.7 Å². The fraction of sp³-hybridized carbons (Fsp3) is 0.125. The van der Waals surface area contributed by atoms with Crippen LogP contribution < -0.4 is 0 Å². The van der Waals surface area contributed by atoms with Crippen LogP contribution in [0.5, 0.6) is 0 Å². The smallest absolute Gasteiger partial charge is 0.181 e. The van der Waals surface area contributed by atoms with Gasteiger partial charge in [-0.05, 0) is 12.1 Å². The third-order valence-corrected chi connectivity index (χ3v) is 3.26. The number of aromatic nitrogens is 3. The highest BCUT2D eigenvalue weighted by Crippen LogP contribution is 2.22. The van der Waals surface area contributed by atoms with Gasteiger partial charge in [-0.2, -0.15) is 5.10 Å². The fourth-order valence-corrected chi connectivity index (χ4v) is 2.20. The Bertz CT molecular complexity index is 754. The van der Waals surface area contributed by atoms with E-state index in [1.54, 1.807) is 0 Å². The van der Waals surface area contributed by atoms with Gasteiger partial charge in [-0.1, -0.05) is 36.4 Å². The van der Waals surface area contributed by atoms with Crippen molar-refractivity contribution >= 4 is 0 Å². The largest absolute Gasteiger partial charge is 0.386 e. The lowest BCUT2D eigenvalue weighted by Gasteiger charge is -2.12. The Labute approximate surface area is 125 Å². The Morgan fingerprint density at radius 3 is 2.36 bits per heavy atom. The van der Waals surface area contributed by atoms with Crippen molar-refractivity contribution < 1.29 is 13.9 Å². The van der Waals surface area contributed by atoms with Crippen molar-refractivity contribution in [3.8, 4) is 11.4 Å². The molecule has 0 amide bonds. The molecule has 0 saturated heterocycles. The average molecular weight is 301 g/mol. The molecule has 6 heteroatoms. The first-order valence-electron chi connectivity index (χ1n) is 6.72. The Morgan fingerprint density at radius 2 is 1.68 bits per heavy atom. The van der Waals surface area contributed by atoms with Gasteiger partial charge in [0.1, 0.15) is 24.1 Å². The van der Waals surface area contributed by atoms with E-state index in [1.165, 1.54) is 17.1 Å². The van der Waals surface area contributed by atoms with Gasteiger partial charge in [0, 0.05) is 5.56 Å². The van der Waals surface area contributed by atoms with Gasteiger partial charge >= 0.3 is 0 Å². The molecule has 4 nitrogen and oxygen atoms in total. The highest BCUT2D eigenvalue weighted by molar-refractivity contribution is 5.53. The highest BCUT2D eigenvalue weighted by Gasteiger charge is 2.19. The molecule has 0 bridgehead atoms. The minimum absolute atomic E-state index is 0.0856. The van der Waals surface area contributed by atoms with E-state index in [9.17, 15) is 13.9 Å². The van der Waals surface area contributed by atoms with Crippen LogP contribution in [0.25, 0.3) is 11.4 Å². The summed E-state index contributed by atoms with van der Waals surface area (Å²) >= 11 is 0. The zero-order valence-corrected chi connectivity index (χ0v) is 11.5. The number of hydrogen-bond acceptors (Lipinski definition) is 3. The molecule has 0 radical (unpaired) electrons. The lowest BCUT2D eigenvalue weighted by atomic mass is 10.1. The second-order valence-electron chi connectivity index (χ2n) is 4.81. The Hall–Kier alpha value is -2.60. The third-order valence-electron chi connectivity index (χ3n) is 3.26. The number of benzene rings is 2. The minimum Gasteiger partial charge on any atom is -0.386 e. The van der Waals surface area contributed by atoms with E-state index < -0.39 is 17.7 Å². The van der Waals surface area contributed by atoms with Gasteiger partial charge in [0.15, 0.2) is 5.82 Å². The molecule has 112 valence electrons. The van der Waals surface area contributed by atoms with Crippen LogP contribution in [0.1, 0.15) is 11.7 Å². The third kappa shape index (κ3) is 2.87. The van der Waals surface area contributed by atoms with Gasteiger partial charge in [-0.25, -0.2) is 18.4 Å². The summed E-state index contributed by atoms with van der Waals surface area (Å²) in [5.74, 6) is -1.08. The zero-order chi connectivity index (χ0) is 15.5. The Morgan fingerprint density at radius 1 is 1.00 bits per heavy atom. The van der Waals surface area contributed by atoms with Crippen LogP contribution in [0.4, 0.5) is 8.78 Å². The maximum Gasteiger partial charge on any atom is 0.181 e. The standard InChI is InChI=1S/C16H13F2N3O/c17-12-7-4-8-13(18)15(12)14(22)9-21-10-19-16(20-21)11-5-2-1-3-6-11/h1-8,10,14,22H,9H2. The van der Waals surface area contributed by atoms with E-state index in [0.29, 0.717) is 5.82 Å². The van der Waals surface area contributed by atoms with Crippen LogP contribution in [0.15, 0.2) is 54.9 Å². The number of rotatable bonds is 4. The van der Waals surface area contributed by atoms with Gasteiger partial charge in [-0.15, -0.1) is 0 Å². The molecule has 0 aliphatic heterocycles. The van der Waals surface area contributed by atoms with E-state index in [1.807, 2.05) is 30.3 Å². The van der Waals surface area contributed by atoms with E-state index in [-0.39, 0.29) is 12.1 Å². The monoisotopic (exact) mass is 301 g/mol. The molecule has 1 atom stereocenters. The summed E-state index contributed by atoms with van der Waals surface area (Å²) in [6.07, 6.45) is 0.0798. The van der Waals surface area contributed by atoms with Gasteiger partial charge < -0.3 is 5.11 Å². The average Bonchev–Trinajstić information content (AvgIpc) is 2.96. The van der Waals surface area contributed by atoms with Crippen LogP contribution in [0, 0.1) is 11.6 Å². The summed E-state index contributed by atoms with van der Waals surface area (Å²) in [4.78, 5) is 4.13. The summed E-state index contributed by atoms with van der Waals surface area (Å²) in [5.41, 5.74) is 0.465. The van der Waals surface area contributed by atoms with Crippen molar-refractivity contribution in [1.29, 1.82) is 0 Å². The number of aliphatic hydroxyl groups excluding tert-OH is 1. The van der Waals surface area contributed by atoms with E-state index >= 15 is 0 Å². The molecule has 2 aromatic carbocycles. The molecule has 1 aromatic heterocycles. The molecule has 0 aliphatic carbocycles. The first-order chi connectivity index (χ1) is 10.6. The zero-order valence-electron chi connectivity index (χ0n) is 11.5. The lowest BCUT2D eigenvalue weighted by Crippen LogP contribution is -2.12. The predicted molar refractivity (Wildman–Crippen MR) is 76.8 cm³/mol. The van der Waals surface area contributed by atoms with Crippen LogP contribution >= 0.6 is 0 Å². The molecule has 0 saturated carbocycles. The maximum absolute atomic E-state index is 13.6. The first-order valence-corrected chi connectivity index (χ1v) is 6.72. The SMILES string of the molecule is OC(Cn1cnc(-c2ccccc2)n1)c1c(F)cccc1F. The molecule has 22 heavy (non-hydrogen) atoms. The molecular formula is C16H13F2N3O. The number of aliphatic hydroxyl groups is 1. The van der Waals surface area contributed by atoms with E-state index in [2.05, 4.69) is 10.1 Å². The second-order valence-corrected chi connectivity index (χ2v) is 4.81. The van der Waals surface area contributed by atoms with Gasteiger partial charge in [0.2, 0.25) is 0 Å². The molecule has 0 fully saturated rings. The van der Waals surface area contributed by atoms with Crippen LogP contribution in [-0.2, 0) is 6.54 Å². The lowest BCUT2D eigenvalue weighted by molar-refractivity contribution is 0.142. The molecule has 1 heterocycles. The summed E-state index contributed by atoms with van der Waals surface area (Å²) in [6, 6.07) is 12.8. The maximum atomic E-state index is 13.6. The van der Waals surface area contributed by atoms with Gasteiger partial charge in [0.05, 0.1) is 12.1 Å². The predicted octanol–water partition coefficient (Wildman–Crippen LogP) is 2.96. The summed E-state index contributed by atoms with van der Waals surface area (Å²) in [5, 5.41) is 14.3. The van der Waals surface area contributed by atoms with Crippen molar-refractivity contribution in [2.45, 2.75) is 12.6 Å².